The maximum atomic E-state index is 14.2. The van der Waals surface area contributed by atoms with Gasteiger partial charge in [0.15, 0.2) is 0 Å². The van der Waals surface area contributed by atoms with Crippen LogP contribution in [0.1, 0.15) is 23.0 Å². The zero-order chi connectivity index (χ0) is 34.2. The van der Waals surface area contributed by atoms with E-state index in [0.29, 0.717) is 54.6 Å². The van der Waals surface area contributed by atoms with Crippen molar-refractivity contribution in [3.05, 3.63) is 144 Å². The maximum absolute atomic E-state index is 14.2. The Labute approximate surface area is 288 Å². The number of anilines is 2. The van der Waals surface area contributed by atoms with Crippen LogP contribution in [0.5, 0.6) is 0 Å². The molecule has 1 aromatic heterocycles. The molecule has 1 aliphatic rings. The zero-order valence-corrected chi connectivity index (χ0v) is 27.7. The third-order valence-electron chi connectivity index (χ3n) is 8.06. The summed E-state index contributed by atoms with van der Waals surface area (Å²) in [7, 11) is 0. The van der Waals surface area contributed by atoms with Gasteiger partial charge in [-0.25, -0.2) is 4.39 Å². The van der Waals surface area contributed by atoms with Gasteiger partial charge in [0.05, 0.1) is 10.9 Å². The van der Waals surface area contributed by atoms with Crippen molar-refractivity contribution >= 4 is 46.9 Å². The Balaban J connectivity index is 1.09. The van der Waals surface area contributed by atoms with Crippen LogP contribution in [0.2, 0.25) is 0 Å². The molecular formula is C39H35FN4O4S. The predicted molar refractivity (Wildman–Crippen MR) is 192 cm³/mol. The second-order valence-electron chi connectivity index (χ2n) is 11.4. The molecule has 4 aromatic carbocycles. The Morgan fingerprint density at radius 1 is 0.796 bits per heavy atom. The number of hydrogen-bond acceptors (Lipinski definition) is 6. The lowest BCUT2D eigenvalue weighted by Crippen LogP contribution is -2.50. The summed E-state index contributed by atoms with van der Waals surface area (Å²) in [4.78, 5) is 44.4. The first-order valence-electron chi connectivity index (χ1n) is 15.9. The minimum Gasteiger partial charge on any atom is -0.457 e. The zero-order valence-electron chi connectivity index (χ0n) is 26.8. The molecular weight excluding hydrogens is 640 g/mol. The Kier molecular flexibility index (Phi) is 10.6. The van der Waals surface area contributed by atoms with Gasteiger partial charge in [-0.1, -0.05) is 60.7 Å². The molecule has 0 bridgehead atoms. The van der Waals surface area contributed by atoms with E-state index >= 15 is 0 Å². The third kappa shape index (κ3) is 8.46. The highest BCUT2D eigenvalue weighted by Gasteiger charge is 2.26. The van der Waals surface area contributed by atoms with Gasteiger partial charge in [0.1, 0.15) is 23.0 Å². The molecule has 1 atom stereocenters. The molecule has 1 saturated heterocycles. The first kappa shape index (κ1) is 33.3. The fourth-order valence-electron chi connectivity index (χ4n) is 5.48. The number of carbonyl (C=O) groups is 3. The molecule has 248 valence electrons. The lowest BCUT2D eigenvalue weighted by Gasteiger charge is -2.37. The standard InChI is InChI=1S/C39H35FN4O4S/c1-27(39(47)44-24-22-43(23-25-44)35-15-9-8-14-33(35)40)49-32-19-16-30(17-20-32)41-38(46)34(42-37(45)29-12-6-3-7-13-29)26-31-18-21-36(48-31)28-10-4-2-5-11-28/h2-21,26-27H,22-25H2,1H3,(H,41,46)(H,42,45)/b34-26+/t27-/m0/s1. The smallest absolute Gasteiger partial charge is 0.272 e. The minimum absolute atomic E-state index is 0.00980. The van der Waals surface area contributed by atoms with Crippen LogP contribution in [0, 0.1) is 5.82 Å². The Morgan fingerprint density at radius 2 is 1.45 bits per heavy atom. The number of furan rings is 1. The summed E-state index contributed by atoms with van der Waals surface area (Å²) in [5, 5.41) is 5.25. The lowest BCUT2D eigenvalue weighted by atomic mass is 10.2. The number of rotatable bonds is 10. The van der Waals surface area contributed by atoms with E-state index in [1.54, 1.807) is 54.6 Å². The number of carbonyl (C=O) groups excluding carboxylic acids is 3. The second-order valence-corrected chi connectivity index (χ2v) is 12.9. The van der Waals surface area contributed by atoms with Crippen molar-refractivity contribution in [3.63, 3.8) is 0 Å². The summed E-state index contributed by atoms with van der Waals surface area (Å²) >= 11 is 1.43. The van der Waals surface area contributed by atoms with Gasteiger partial charge in [-0.2, -0.15) is 0 Å². The second kappa shape index (κ2) is 15.5. The quantitative estimate of drug-likeness (QED) is 0.119. The summed E-state index contributed by atoms with van der Waals surface area (Å²) in [6.07, 6.45) is 1.50. The fraction of sp³-hybridized carbons (Fsp3) is 0.154. The van der Waals surface area contributed by atoms with Crippen LogP contribution in [-0.2, 0) is 9.59 Å². The van der Waals surface area contributed by atoms with Gasteiger partial charge < -0.3 is 24.9 Å². The molecule has 10 heteroatoms. The number of para-hydroxylation sites is 1. The van der Waals surface area contributed by atoms with Crippen LogP contribution in [0.3, 0.4) is 0 Å². The largest absolute Gasteiger partial charge is 0.457 e. The van der Waals surface area contributed by atoms with Crippen molar-refractivity contribution in [2.75, 3.05) is 36.4 Å². The summed E-state index contributed by atoms with van der Waals surface area (Å²) in [5.74, 6) is -0.169. The van der Waals surface area contributed by atoms with Crippen LogP contribution in [0.4, 0.5) is 15.8 Å². The number of nitrogens with one attached hydrogen (secondary N) is 2. The van der Waals surface area contributed by atoms with Crippen LogP contribution in [0.25, 0.3) is 17.4 Å². The maximum Gasteiger partial charge on any atom is 0.272 e. The van der Waals surface area contributed by atoms with Crippen molar-refractivity contribution in [3.8, 4) is 11.3 Å². The molecule has 6 rings (SSSR count). The lowest BCUT2D eigenvalue weighted by molar-refractivity contribution is -0.130. The van der Waals surface area contributed by atoms with E-state index in [9.17, 15) is 18.8 Å². The van der Waals surface area contributed by atoms with Crippen molar-refractivity contribution in [2.24, 2.45) is 0 Å². The van der Waals surface area contributed by atoms with Gasteiger partial charge in [0.2, 0.25) is 5.91 Å². The number of amides is 3. The molecule has 49 heavy (non-hydrogen) atoms. The van der Waals surface area contributed by atoms with E-state index in [0.717, 1.165) is 10.5 Å². The van der Waals surface area contributed by atoms with Crippen LogP contribution in [-0.4, -0.2) is 54.1 Å². The summed E-state index contributed by atoms with van der Waals surface area (Å²) in [5.41, 5.74) is 2.38. The monoisotopic (exact) mass is 674 g/mol. The Bertz CT molecular complexity index is 1940. The van der Waals surface area contributed by atoms with Gasteiger partial charge >= 0.3 is 0 Å². The molecule has 2 heterocycles. The number of thioether (sulfide) groups is 1. The van der Waals surface area contributed by atoms with Gasteiger partial charge in [0, 0.05) is 54.0 Å². The Morgan fingerprint density at radius 3 is 2.14 bits per heavy atom. The van der Waals surface area contributed by atoms with Crippen molar-refractivity contribution in [2.45, 2.75) is 17.1 Å². The molecule has 0 saturated carbocycles. The van der Waals surface area contributed by atoms with E-state index < -0.39 is 11.8 Å². The van der Waals surface area contributed by atoms with E-state index in [1.165, 1.54) is 23.9 Å². The molecule has 3 amide bonds. The topological polar surface area (TPSA) is 94.9 Å². The van der Waals surface area contributed by atoms with Crippen molar-refractivity contribution < 1.29 is 23.2 Å². The molecule has 0 radical (unpaired) electrons. The fourth-order valence-corrected chi connectivity index (χ4v) is 6.43. The average molecular weight is 675 g/mol. The summed E-state index contributed by atoms with van der Waals surface area (Å²) < 4.78 is 20.2. The molecule has 8 nitrogen and oxygen atoms in total. The van der Waals surface area contributed by atoms with Crippen LogP contribution in [0.15, 0.2) is 136 Å². The van der Waals surface area contributed by atoms with Crippen LogP contribution < -0.4 is 15.5 Å². The number of piperazine rings is 1. The molecule has 2 N–H and O–H groups in total. The van der Waals surface area contributed by atoms with E-state index in [4.69, 9.17) is 4.42 Å². The predicted octanol–water partition coefficient (Wildman–Crippen LogP) is 7.32. The molecule has 0 spiro atoms. The van der Waals surface area contributed by atoms with Crippen molar-refractivity contribution in [1.82, 2.24) is 10.2 Å². The molecule has 5 aromatic rings. The van der Waals surface area contributed by atoms with Crippen LogP contribution >= 0.6 is 11.8 Å². The average Bonchev–Trinajstić information content (AvgIpc) is 3.61. The molecule has 0 unspecified atom stereocenters. The first-order chi connectivity index (χ1) is 23.8. The van der Waals surface area contributed by atoms with E-state index in [-0.39, 0.29) is 22.7 Å². The SMILES string of the molecule is C[C@H](Sc1ccc(NC(=O)/C(=C\c2ccc(-c3ccccc3)o2)NC(=O)c2ccccc2)cc1)C(=O)N1CCN(c2ccccc2F)CC1. The first-order valence-corrected chi connectivity index (χ1v) is 16.8. The highest BCUT2D eigenvalue weighted by molar-refractivity contribution is 8.00. The highest BCUT2D eigenvalue weighted by atomic mass is 32.2. The van der Waals surface area contributed by atoms with Gasteiger partial charge in [-0.3, -0.25) is 14.4 Å². The van der Waals surface area contributed by atoms with Gasteiger partial charge in [-0.05, 0) is 67.6 Å². The number of hydrogen-bond donors (Lipinski definition) is 2. The molecule has 1 aliphatic heterocycles. The molecule has 0 aliphatic carbocycles. The minimum atomic E-state index is -0.527. The Hall–Kier alpha value is -5.61. The molecule has 1 fully saturated rings. The van der Waals surface area contributed by atoms with E-state index in [1.807, 2.05) is 77.4 Å². The van der Waals surface area contributed by atoms with Gasteiger partial charge in [-0.15, -0.1) is 11.8 Å². The van der Waals surface area contributed by atoms with Gasteiger partial charge in [0.25, 0.3) is 11.8 Å². The van der Waals surface area contributed by atoms with E-state index in [2.05, 4.69) is 10.6 Å². The highest BCUT2D eigenvalue weighted by Crippen LogP contribution is 2.28. The number of nitrogens with zero attached hydrogens (tertiary/aromatic N) is 2. The summed E-state index contributed by atoms with van der Waals surface area (Å²) in [6, 6.07) is 35.6. The normalized spacial score (nSPS) is 13.9. The third-order valence-corrected chi connectivity index (χ3v) is 9.16. The number of benzene rings is 4. The summed E-state index contributed by atoms with van der Waals surface area (Å²) in [6.45, 7) is 4.04. The van der Waals surface area contributed by atoms with Crippen molar-refractivity contribution in [1.29, 1.82) is 0 Å². The number of halogens is 1.